The summed E-state index contributed by atoms with van der Waals surface area (Å²) in [4.78, 5) is 13.1. The molecule has 170 valence electrons. The molecule has 0 spiro atoms. The molecule has 4 heterocycles. The molecule has 1 aliphatic heterocycles. The largest absolute Gasteiger partial charge is 0.364 e. The Morgan fingerprint density at radius 3 is 2.24 bits per heavy atom. The summed E-state index contributed by atoms with van der Waals surface area (Å²) in [7, 11) is 0. The molecule has 4 aromatic rings. The van der Waals surface area contributed by atoms with Crippen LogP contribution in [0, 0.1) is 11.6 Å². The van der Waals surface area contributed by atoms with Gasteiger partial charge in [0.25, 0.3) is 0 Å². The fraction of sp³-hybridized carbons (Fsp3) is 0.261. The highest BCUT2D eigenvalue weighted by molar-refractivity contribution is 9.10. The van der Waals surface area contributed by atoms with Gasteiger partial charge < -0.3 is 15.5 Å². The van der Waals surface area contributed by atoms with Crippen molar-refractivity contribution in [3.8, 4) is 0 Å². The second kappa shape index (κ2) is 8.35. The predicted octanol–water partition coefficient (Wildman–Crippen LogP) is 3.71. The normalized spacial score (nSPS) is 16.3. The van der Waals surface area contributed by atoms with Gasteiger partial charge >= 0.3 is 0 Å². The number of piperazine rings is 1. The summed E-state index contributed by atoms with van der Waals surface area (Å²) in [6.45, 7) is 4.38. The number of nitrogens with zero attached hydrogens (tertiary/aromatic N) is 6. The summed E-state index contributed by atoms with van der Waals surface area (Å²) < 4.78 is 30.4. The summed E-state index contributed by atoms with van der Waals surface area (Å²) in [5.41, 5.74) is 8.44. The fourth-order valence-corrected chi connectivity index (χ4v) is 4.56. The third-order valence-electron chi connectivity index (χ3n) is 6.09. The van der Waals surface area contributed by atoms with Crippen molar-refractivity contribution in [3.05, 3.63) is 82.4 Å². The van der Waals surface area contributed by atoms with E-state index in [4.69, 9.17) is 5.73 Å². The zero-order valence-electron chi connectivity index (χ0n) is 17.9. The van der Waals surface area contributed by atoms with E-state index in [9.17, 15) is 8.78 Å². The summed E-state index contributed by atoms with van der Waals surface area (Å²) in [5.74, 6) is -0.0541. The lowest BCUT2D eigenvalue weighted by atomic mass is 9.87. The molecular formula is C23H22BrF2N7. The summed E-state index contributed by atoms with van der Waals surface area (Å²) in [6.07, 6.45) is 6.47. The fourth-order valence-electron chi connectivity index (χ4n) is 4.15. The molecule has 7 nitrogen and oxygen atoms in total. The van der Waals surface area contributed by atoms with Crippen LogP contribution in [0.4, 0.5) is 20.4 Å². The van der Waals surface area contributed by atoms with E-state index in [0.717, 1.165) is 21.1 Å². The number of halogens is 3. The molecule has 1 atom stereocenters. The molecule has 5 rings (SSSR count). The van der Waals surface area contributed by atoms with Crippen LogP contribution in [0.15, 0.2) is 59.6 Å². The van der Waals surface area contributed by atoms with Crippen molar-refractivity contribution in [2.24, 2.45) is 5.73 Å². The number of hydrogen-bond donors (Lipinski definition) is 1. The highest BCUT2D eigenvalue weighted by Gasteiger charge is 2.27. The van der Waals surface area contributed by atoms with Gasteiger partial charge in [-0.1, -0.05) is 12.1 Å². The van der Waals surface area contributed by atoms with Gasteiger partial charge in [-0.15, -0.1) is 0 Å². The van der Waals surface area contributed by atoms with Crippen molar-refractivity contribution in [2.75, 3.05) is 36.0 Å². The minimum absolute atomic E-state index is 0.308. The highest BCUT2D eigenvalue weighted by Crippen LogP contribution is 2.30. The first-order valence-corrected chi connectivity index (χ1v) is 11.3. The second-order valence-electron chi connectivity index (χ2n) is 8.28. The zero-order valence-corrected chi connectivity index (χ0v) is 19.5. The lowest BCUT2D eigenvalue weighted by molar-refractivity contribution is 0.580. The van der Waals surface area contributed by atoms with Crippen LogP contribution in [0.5, 0.6) is 0 Å². The van der Waals surface area contributed by atoms with Gasteiger partial charge in [0.2, 0.25) is 5.95 Å². The Bertz CT molecular complexity index is 1280. The minimum atomic E-state index is -0.847. The Balaban J connectivity index is 1.31. The monoisotopic (exact) mass is 513 g/mol. The van der Waals surface area contributed by atoms with E-state index >= 15 is 0 Å². The smallest absolute Gasteiger partial charge is 0.225 e. The molecule has 0 saturated carbocycles. The molecule has 1 fully saturated rings. The van der Waals surface area contributed by atoms with E-state index in [1.165, 1.54) is 18.3 Å². The van der Waals surface area contributed by atoms with E-state index in [2.05, 4.69) is 35.9 Å². The molecule has 1 saturated heterocycles. The van der Waals surface area contributed by atoms with Gasteiger partial charge in [0.15, 0.2) is 5.82 Å². The minimum Gasteiger partial charge on any atom is -0.364 e. The first kappa shape index (κ1) is 21.7. The van der Waals surface area contributed by atoms with Crippen LogP contribution in [0.2, 0.25) is 0 Å². The molecule has 2 N–H and O–H groups in total. The standard InChI is InChI=1S/C23H22BrF2N7/c1-23(27,15-2-4-18(25)5-3-15)16-11-28-22(29-12-16)32-8-6-31(7-9-32)21-19(26)13-30-33-14-17(24)10-20(21)33/h2-5,10-14H,6-9,27H2,1H3/t23-/m0/s1. The number of benzene rings is 1. The molecule has 0 aliphatic carbocycles. The van der Waals surface area contributed by atoms with Gasteiger partial charge in [-0.2, -0.15) is 5.10 Å². The van der Waals surface area contributed by atoms with Crippen LogP contribution in [-0.4, -0.2) is 45.8 Å². The molecule has 0 radical (unpaired) electrons. The van der Waals surface area contributed by atoms with Crippen molar-refractivity contribution < 1.29 is 8.78 Å². The molecule has 3 aromatic heterocycles. The third kappa shape index (κ3) is 4.04. The number of aromatic nitrogens is 4. The van der Waals surface area contributed by atoms with Crippen LogP contribution in [0.3, 0.4) is 0 Å². The Hall–Kier alpha value is -3.11. The molecule has 33 heavy (non-hydrogen) atoms. The van der Waals surface area contributed by atoms with E-state index in [1.807, 2.05) is 17.9 Å². The zero-order chi connectivity index (χ0) is 23.2. The number of rotatable bonds is 4. The summed E-state index contributed by atoms with van der Waals surface area (Å²) >= 11 is 3.43. The van der Waals surface area contributed by atoms with E-state index in [1.54, 1.807) is 35.2 Å². The van der Waals surface area contributed by atoms with Crippen LogP contribution >= 0.6 is 15.9 Å². The van der Waals surface area contributed by atoms with Gasteiger partial charge in [-0.05, 0) is 46.6 Å². The van der Waals surface area contributed by atoms with E-state index in [-0.39, 0.29) is 11.6 Å². The van der Waals surface area contributed by atoms with Gasteiger partial charge in [0.05, 0.1) is 17.3 Å². The maximum Gasteiger partial charge on any atom is 0.225 e. The Labute approximate surface area is 198 Å². The molecule has 0 amide bonds. The first-order valence-electron chi connectivity index (χ1n) is 10.5. The SMILES string of the molecule is C[C@](N)(c1ccc(F)cc1)c1cnc(N2CCN(c3c(F)cnn4cc(Br)cc34)CC2)nc1. The van der Waals surface area contributed by atoms with Crippen molar-refractivity contribution in [1.82, 2.24) is 19.6 Å². The third-order valence-corrected chi connectivity index (χ3v) is 6.53. The van der Waals surface area contributed by atoms with E-state index in [0.29, 0.717) is 37.8 Å². The molecule has 1 aliphatic rings. The molecule has 0 unspecified atom stereocenters. The maximum absolute atomic E-state index is 14.6. The number of nitrogens with two attached hydrogens (primary N) is 1. The molecule has 10 heteroatoms. The van der Waals surface area contributed by atoms with Crippen molar-refractivity contribution in [1.29, 1.82) is 0 Å². The lowest BCUT2D eigenvalue weighted by Gasteiger charge is -2.36. The average Bonchev–Trinajstić information content (AvgIpc) is 3.20. The maximum atomic E-state index is 14.6. The number of fused-ring (bicyclic) bond motifs is 1. The van der Waals surface area contributed by atoms with Crippen LogP contribution in [0.1, 0.15) is 18.1 Å². The number of anilines is 2. The quantitative estimate of drug-likeness (QED) is 0.448. The summed E-state index contributed by atoms with van der Waals surface area (Å²) in [6, 6.07) is 7.98. The van der Waals surface area contributed by atoms with Gasteiger partial charge in [-0.3, -0.25) is 0 Å². The van der Waals surface area contributed by atoms with Crippen LogP contribution < -0.4 is 15.5 Å². The Morgan fingerprint density at radius 1 is 0.939 bits per heavy atom. The van der Waals surface area contributed by atoms with Crippen LogP contribution in [-0.2, 0) is 5.54 Å². The van der Waals surface area contributed by atoms with Gasteiger partial charge in [0, 0.05) is 54.8 Å². The predicted molar refractivity (Wildman–Crippen MR) is 126 cm³/mol. The van der Waals surface area contributed by atoms with E-state index < -0.39 is 5.54 Å². The Kier molecular flexibility index (Phi) is 5.49. The Morgan fingerprint density at radius 2 is 1.58 bits per heavy atom. The van der Waals surface area contributed by atoms with Crippen LogP contribution in [0.25, 0.3) is 5.52 Å². The van der Waals surface area contributed by atoms with Gasteiger partial charge in [-0.25, -0.2) is 23.3 Å². The molecular weight excluding hydrogens is 492 g/mol. The molecule has 1 aromatic carbocycles. The van der Waals surface area contributed by atoms with Gasteiger partial charge in [0.1, 0.15) is 11.5 Å². The highest BCUT2D eigenvalue weighted by atomic mass is 79.9. The lowest BCUT2D eigenvalue weighted by Crippen LogP contribution is -2.47. The topological polar surface area (TPSA) is 75.6 Å². The summed E-state index contributed by atoms with van der Waals surface area (Å²) in [5, 5.41) is 4.10. The van der Waals surface area contributed by atoms with Crippen molar-refractivity contribution >= 4 is 33.1 Å². The number of hydrogen-bond acceptors (Lipinski definition) is 6. The van der Waals surface area contributed by atoms with Crippen molar-refractivity contribution in [2.45, 2.75) is 12.5 Å². The first-order chi connectivity index (χ1) is 15.8. The molecule has 0 bridgehead atoms. The van der Waals surface area contributed by atoms with Crippen molar-refractivity contribution in [3.63, 3.8) is 0 Å². The average molecular weight is 514 g/mol. The second-order valence-corrected chi connectivity index (χ2v) is 9.20.